The molecule has 2 aliphatic heterocycles. The monoisotopic (exact) mass is 496 g/mol. The fourth-order valence-electron chi connectivity index (χ4n) is 4.75. The second-order valence-electron chi connectivity index (χ2n) is 9.18. The Morgan fingerprint density at radius 2 is 1.83 bits per heavy atom. The molecule has 8 heteroatoms. The number of aliphatic hydroxyl groups is 1. The number of aryl methyl sites for hydroxylation is 1. The zero-order chi connectivity index (χ0) is 25.7. The summed E-state index contributed by atoms with van der Waals surface area (Å²) in [7, 11) is 0. The minimum Gasteiger partial charge on any atom is -0.507 e. The van der Waals surface area contributed by atoms with E-state index in [1.165, 1.54) is 17.0 Å². The molecule has 0 aromatic heterocycles. The molecule has 7 nitrogen and oxygen atoms in total. The first-order chi connectivity index (χ1) is 17.4. The van der Waals surface area contributed by atoms with Crippen LogP contribution in [0.4, 0.5) is 4.39 Å². The Kier molecular flexibility index (Phi) is 8.38. The third kappa shape index (κ3) is 5.60. The second kappa shape index (κ2) is 11.7. The van der Waals surface area contributed by atoms with Crippen molar-refractivity contribution >= 4 is 17.4 Å². The number of likely N-dealkylation sites (tertiary alicyclic amines) is 1. The molecule has 2 saturated heterocycles. The number of hydrogen-bond donors (Lipinski definition) is 1. The number of amides is 1. The third-order valence-corrected chi connectivity index (χ3v) is 6.63. The largest absolute Gasteiger partial charge is 0.507 e. The number of nitrogens with zero attached hydrogens (tertiary/aromatic N) is 2. The number of ether oxygens (including phenoxy) is 2. The number of carbonyl (C=O) groups excluding carboxylic acids is 2. The van der Waals surface area contributed by atoms with E-state index < -0.39 is 23.5 Å². The summed E-state index contributed by atoms with van der Waals surface area (Å²) < 4.78 is 24.8. The van der Waals surface area contributed by atoms with Crippen LogP contribution in [-0.2, 0) is 14.3 Å². The number of carbonyl (C=O) groups is 2. The minimum atomic E-state index is -0.800. The smallest absolute Gasteiger partial charge is 0.295 e. The molecule has 192 valence electrons. The maximum atomic E-state index is 13.7. The number of benzene rings is 2. The Morgan fingerprint density at radius 3 is 2.50 bits per heavy atom. The van der Waals surface area contributed by atoms with E-state index in [1.807, 2.05) is 13.8 Å². The van der Waals surface area contributed by atoms with Crippen molar-refractivity contribution in [2.45, 2.75) is 32.7 Å². The van der Waals surface area contributed by atoms with E-state index in [4.69, 9.17) is 9.47 Å². The van der Waals surface area contributed by atoms with E-state index in [2.05, 4.69) is 4.90 Å². The van der Waals surface area contributed by atoms with Gasteiger partial charge >= 0.3 is 0 Å². The number of morpholine rings is 1. The second-order valence-corrected chi connectivity index (χ2v) is 9.18. The van der Waals surface area contributed by atoms with Crippen molar-refractivity contribution in [2.75, 3.05) is 46.0 Å². The molecule has 36 heavy (non-hydrogen) atoms. The van der Waals surface area contributed by atoms with E-state index in [-0.39, 0.29) is 11.3 Å². The zero-order valence-electron chi connectivity index (χ0n) is 20.8. The highest BCUT2D eigenvalue weighted by Gasteiger charge is 2.46. The number of halogens is 1. The summed E-state index contributed by atoms with van der Waals surface area (Å²) in [5, 5.41) is 11.3. The van der Waals surface area contributed by atoms with Gasteiger partial charge in [0.05, 0.1) is 31.4 Å². The molecule has 0 aliphatic carbocycles. The number of aliphatic hydroxyl groups excluding tert-OH is 1. The third-order valence-electron chi connectivity index (χ3n) is 6.63. The van der Waals surface area contributed by atoms with Gasteiger partial charge in [0.25, 0.3) is 11.7 Å². The molecule has 0 bridgehead atoms. The summed E-state index contributed by atoms with van der Waals surface area (Å²) in [6, 6.07) is 10.2. The van der Waals surface area contributed by atoms with Crippen LogP contribution in [0.15, 0.2) is 48.0 Å². The molecule has 1 amide bonds. The summed E-state index contributed by atoms with van der Waals surface area (Å²) in [4.78, 5) is 30.1. The van der Waals surface area contributed by atoms with Crippen molar-refractivity contribution in [1.82, 2.24) is 9.80 Å². The molecule has 0 radical (unpaired) electrons. The van der Waals surface area contributed by atoms with Crippen molar-refractivity contribution in [3.05, 3.63) is 70.5 Å². The molecule has 1 atom stereocenters. The normalized spacial score (nSPS) is 20.2. The van der Waals surface area contributed by atoms with Gasteiger partial charge in [-0.3, -0.25) is 14.5 Å². The standard InChI is InChI=1S/C28H33FN2O5/c1-3-15-36-22-9-10-23(19(2)18-22)26(32)24-25(20-5-7-21(29)8-6-20)31(28(34)27(24)33)12-4-11-30-13-16-35-17-14-30/h5-10,18,25,32H,3-4,11-17H2,1-2H3. The molecule has 2 fully saturated rings. The molecule has 0 spiro atoms. The van der Waals surface area contributed by atoms with Gasteiger partial charge < -0.3 is 19.5 Å². The molecule has 1 unspecified atom stereocenters. The fraction of sp³-hybridized carbons (Fsp3) is 0.429. The first kappa shape index (κ1) is 25.9. The maximum Gasteiger partial charge on any atom is 0.295 e. The van der Waals surface area contributed by atoms with Crippen LogP contribution in [0.2, 0.25) is 0 Å². The van der Waals surface area contributed by atoms with Crippen molar-refractivity contribution in [3.8, 4) is 5.75 Å². The van der Waals surface area contributed by atoms with Gasteiger partial charge in [-0.25, -0.2) is 4.39 Å². The molecule has 2 heterocycles. The SMILES string of the molecule is CCCOc1ccc(C(O)=C2C(=O)C(=O)N(CCCN3CCOCC3)C2c2ccc(F)cc2)c(C)c1. The van der Waals surface area contributed by atoms with Crippen LogP contribution in [0, 0.1) is 12.7 Å². The highest BCUT2D eigenvalue weighted by Crippen LogP contribution is 2.40. The van der Waals surface area contributed by atoms with Gasteiger partial charge in [-0.2, -0.15) is 0 Å². The number of rotatable bonds is 9. The van der Waals surface area contributed by atoms with Crippen LogP contribution >= 0.6 is 0 Å². The van der Waals surface area contributed by atoms with Crippen molar-refractivity contribution in [3.63, 3.8) is 0 Å². The van der Waals surface area contributed by atoms with Gasteiger partial charge in [0.15, 0.2) is 0 Å². The molecule has 2 aliphatic rings. The van der Waals surface area contributed by atoms with E-state index in [1.54, 1.807) is 30.3 Å². The van der Waals surface area contributed by atoms with Crippen molar-refractivity contribution in [1.29, 1.82) is 0 Å². The van der Waals surface area contributed by atoms with Crippen LogP contribution in [0.3, 0.4) is 0 Å². The van der Waals surface area contributed by atoms with Crippen molar-refractivity contribution in [2.24, 2.45) is 0 Å². The zero-order valence-corrected chi connectivity index (χ0v) is 20.8. The van der Waals surface area contributed by atoms with Crippen LogP contribution in [0.5, 0.6) is 5.75 Å². The van der Waals surface area contributed by atoms with Gasteiger partial charge in [-0.15, -0.1) is 0 Å². The summed E-state index contributed by atoms with van der Waals surface area (Å²) >= 11 is 0. The molecule has 1 N–H and O–H groups in total. The number of hydrogen-bond acceptors (Lipinski definition) is 6. The number of ketones is 1. The lowest BCUT2D eigenvalue weighted by Gasteiger charge is -2.29. The summed E-state index contributed by atoms with van der Waals surface area (Å²) in [6.45, 7) is 8.54. The van der Waals surface area contributed by atoms with E-state index in [0.29, 0.717) is 49.7 Å². The predicted octanol–water partition coefficient (Wildman–Crippen LogP) is 4.07. The summed E-state index contributed by atoms with van der Waals surface area (Å²) in [6.07, 6.45) is 1.53. The van der Waals surface area contributed by atoms with Gasteiger partial charge in [-0.05, 0) is 61.2 Å². The molecule has 4 rings (SSSR count). The van der Waals surface area contributed by atoms with Gasteiger partial charge in [0.1, 0.15) is 17.3 Å². The van der Waals surface area contributed by atoms with E-state index in [0.717, 1.165) is 31.6 Å². The lowest BCUT2D eigenvalue weighted by molar-refractivity contribution is -0.140. The lowest BCUT2D eigenvalue weighted by Crippen LogP contribution is -2.38. The van der Waals surface area contributed by atoms with Crippen LogP contribution in [-0.4, -0.2) is 72.6 Å². The van der Waals surface area contributed by atoms with Gasteiger partial charge in [0, 0.05) is 31.7 Å². The molecular weight excluding hydrogens is 463 g/mol. The van der Waals surface area contributed by atoms with E-state index in [9.17, 15) is 19.1 Å². The molecule has 2 aromatic rings. The quantitative estimate of drug-likeness (QED) is 0.320. The van der Waals surface area contributed by atoms with Crippen LogP contribution in [0.1, 0.15) is 42.5 Å². The Balaban J connectivity index is 1.66. The fourth-order valence-corrected chi connectivity index (χ4v) is 4.75. The van der Waals surface area contributed by atoms with Crippen molar-refractivity contribution < 1.29 is 28.6 Å². The van der Waals surface area contributed by atoms with E-state index >= 15 is 0 Å². The Hall–Kier alpha value is -3.23. The molecule has 2 aromatic carbocycles. The minimum absolute atomic E-state index is 0.0170. The molecule has 0 saturated carbocycles. The average Bonchev–Trinajstić information content (AvgIpc) is 3.13. The average molecular weight is 497 g/mol. The van der Waals surface area contributed by atoms with Crippen LogP contribution < -0.4 is 4.74 Å². The Labute approximate surface area is 211 Å². The van der Waals surface area contributed by atoms with Crippen LogP contribution in [0.25, 0.3) is 5.76 Å². The Morgan fingerprint density at radius 1 is 1.11 bits per heavy atom. The summed E-state index contributed by atoms with van der Waals surface area (Å²) in [5.41, 5.74) is 1.77. The van der Waals surface area contributed by atoms with Gasteiger partial charge in [-0.1, -0.05) is 19.1 Å². The maximum absolute atomic E-state index is 13.7. The first-order valence-electron chi connectivity index (χ1n) is 12.5. The highest BCUT2D eigenvalue weighted by molar-refractivity contribution is 6.46. The highest BCUT2D eigenvalue weighted by atomic mass is 19.1. The Bertz CT molecular complexity index is 1130. The first-order valence-corrected chi connectivity index (χ1v) is 12.5. The lowest BCUT2D eigenvalue weighted by atomic mass is 9.94. The molecular formula is C28H33FN2O5. The summed E-state index contributed by atoms with van der Waals surface area (Å²) in [5.74, 6) is -1.38. The topological polar surface area (TPSA) is 79.3 Å². The van der Waals surface area contributed by atoms with Gasteiger partial charge in [0.2, 0.25) is 0 Å². The number of Topliss-reactive ketones (excluding diaryl/α,β-unsaturated/α-hetero) is 1. The predicted molar refractivity (Wildman–Crippen MR) is 134 cm³/mol.